The molecule has 1 aliphatic rings. The number of hydrogen-bond donors (Lipinski definition) is 1. The number of halogens is 3. The van der Waals surface area contributed by atoms with Crippen molar-refractivity contribution in [2.45, 2.75) is 32.0 Å². The molecular formula is C28H32Br3N2O+. The van der Waals surface area contributed by atoms with Crippen molar-refractivity contribution in [3.8, 4) is 0 Å². The Bertz CT molecular complexity index is 1060. The number of quaternary nitrogens is 1. The Labute approximate surface area is 228 Å². The van der Waals surface area contributed by atoms with Crippen LogP contribution in [-0.2, 0) is 24.1 Å². The molecule has 3 aromatic carbocycles. The highest BCUT2D eigenvalue weighted by Crippen LogP contribution is 2.37. The Morgan fingerprint density at radius 2 is 1.21 bits per heavy atom. The molecule has 1 aliphatic heterocycles. The van der Waals surface area contributed by atoms with Crippen molar-refractivity contribution in [3.05, 3.63) is 103 Å². The molecule has 4 rings (SSSR count). The third kappa shape index (κ3) is 6.03. The zero-order valence-electron chi connectivity index (χ0n) is 19.5. The first-order chi connectivity index (χ1) is 16.3. The van der Waals surface area contributed by atoms with E-state index in [1.165, 1.54) is 16.7 Å². The van der Waals surface area contributed by atoms with Crippen LogP contribution in [0.5, 0.6) is 0 Å². The monoisotopic (exact) mass is 649 g/mol. The Hall–Kier alpha value is -1.02. The fourth-order valence-corrected chi connectivity index (χ4v) is 6.04. The minimum Gasteiger partial charge on any atom is -0.370 e. The predicted octanol–water partition coefficient (Wildman–Crippen LogP) is 7.10. The van der Waals surface area contributed by atoms with Crippen LogP contribution in [0.4, 0.5) is 0 Å². The second kappa shape index (κ2) is 11.4. The van der Waals surface area contributed by atoms with E-state index in [-0.39, 0.29) is 5.92 Å². The number of rotatable bonds is 8. The highest BCUT2D eigenvalue weighted by atomic mass is 79.9. The molecule has 0 aromatic heterocycles. The topological polar surface area (TPSA) is 35.2 Å². The Morgan fingerprint density at radius 1 is 0.765 bits per heavy atom. The van der Waals surface area contributed by atoms with Gasteiger partial charge in [-0.1, -0.05) is 91.1 Å². The third-order valence-electron chi connectivity index (χ3n) is 7.32. The molecule has 1 saturated heterocycles. The van der Waals surface area contributed by atoms with Crippen molar-refractivity contribution in [2.24, 2.45) is 11.7 Å². The Kier molecular flexibility index (Phi) is 8.71. The summed E-state index contributed by atoms with van der Waals surface area (Å²) in [7, 11) is 0. The van der Waals surface area contributed by atoms with E-state index in [9.17, 15) is 0 Å². The summed E-state index contributed by atoms with van der Waals surface area (Å²) >= 11 is 10.7. The lowest BCUT2D eigenvalue weighted by Crippen LogP contribution is -2.75. The van der Waals surface area contributed by atoms with Gasteiger partial charge in [-0.3, -0.25) is 10.2 Å². The predicted molar refractivity (Wildman–Crippen MR) is 150 cm³/mol. The maximum atomic E-state index is 7.66. The fraction of sp³-hybridized carbons (Fsp3) is 0.357. The number of morpholine rings is 1. The van der Waals surface area contributed by atoms with Crippen LogP contribution in [0.1, 0.15) is 23.6 Å². The lowest BCUT2D eigenvalue weighted by Gasteiger charge is -2.55. The zero-order valence-corrected chi connectivity index (χ0v) is 24.3. The minimum absolute atomic E-state index is 0.255. The van der Waals surface area contributed by atoms with Gasteiger partial charge in [0.25, 0.3) is 0 Å². The van der Waals surface area contributed by atoms with Gasteiger partial charge in [0.15, 0.2) is 5.66 Å². The molecule has 34 heavy (non-hydrogen) atoms. The van der Waals surface area contributed by atoms with Gasteiger partial charge in [0.2, 0.25) is 0 Å². The lowest BCUT2D eigenvalue weighted by molar-refractivity contribution is -0.998. The van der Waals surface area contributed by atoms with Crippen LogP contribution in [0, 0.1) is 5.92 Å². The largest absolute Gasteiger partial charge is 0.370 e. The number of hydrogen-bond acceptors (Lipinski definition) is 2. The molecule has 6 heteroatoms. The van der Waals surface area contributed by atoms with Gasteiger partial charge in [0.1, 0.15) is 19.6 Å². The van der Waals surface area contributed by atoms with E-state index in [0.717, 1.165) is 63.6 Å². The van der Waals surface area contributed by atoms with Crippen LogP contribution in [0.2, 0.25) is 0 Å². The van der Waals surface area contributed by atoms with Gasteiger partial charge in [-0.05, 0) is 53.9 Å². The molecule has 2 N–H and O–H groups in total. The van der Waals surface area contributed by atoms with E-state index in [1.54, 1.807) is 0 Å². The normalized spacial score (nSPS) is 18.3. The van der Waals surface area contributed by atoms with Crippen molar-refractivity contribution in [1.29, 1.82) is 0 Å². The minimum atomic E-state index is -0.461. The van der Waals surface area contributed by atoms with Crippen molar-refractivity contribution in [3.63, 3.8) is 0 Å². The summed E-state index contributed by atoms with van der Waals surface area (Å²) in [6, 6.07) is 26.0. The molecule has 0 radical (unpaired) electrons. The molecule has 180 valence electrons. The van der Waals surface area contributed by atoms with Crippen molar-refractivity contribution in [1.82, 2.24) is 0 Å². The van der Waals surface area contributed by atoms with E-state index >= 15 is 0 Å². The molecule has 2 unspecified atom stereocenters. The van der Waals surface area contributed by atoms with Crippen LogP contribution in [0.15, 0.2) is 86.2 Å². The first kappa shape index (κ1) is 26.1. The van der Waals surface area contributed by atoms with E-state index < -0.39 is 5.66 Å². The van der Waals surface area contributed by atoms with Crippen molar-refractivity contribution in [2.75, 3.05) is 26.3 Å². The fourth-order valence-electron chi connectivity index (χ4n) is 5.24. The number of benzene rings is 3. The van der Waals surface area contributed by atoms with Crippen LogP contribution in [0.3, 0.4) is 0 Å². The van der Waals surface area contributed by atoms with Gasteiger partial charge in [0, 0.05) is 31.3 Å². The molecule has 0 spiro atoms. The second-order valence-electron chi connectivity index (χ2n) is 9.52. The van der Waals surface area contributed by atoms with Gasteiger partial charge >= 0.3 is 0 Å². The summed E-state index contributed by atoms with van der Waals surface area (Å²) in [5.41, 5.74) is 11.1. The van der Waals surface area contributed by atoms with E-state index in [0.29, 0.717) is 0 Å². The quantitative estimate of drug-likeness (QED) is 0.264. The van der Waals surface area contributed by atoms with Crippen LogP contribution < -0.4 is 5.73 Å². The SMILES string of the molecule is CC(Cc1ccc(Br)cc1)C(N)(Cc1ccc(Br)cc1)[N+]1(Cc2ccc(Br)cc2)CCOCC1. The van der Waals surface area contributed by atoms with Gasteiger partial charge in [-0.2, -0.15) is 0 Å². The lowest BCUT2D eigenvalue weighted by atomic mass is 9.80. The molecule has 1 heterocycles. The number of ether oxygens (including phenoxy) is 1. The van der Waals surface area contributed by atoms with Crippen LogP contribution in [0.25, 0.3) is 0 Å². The highest BCUT2D eigenvalue weighted by Gasteiger charge is 2.52. The Morgan fingerprint density at radius 3 is 1.71 bits per heavy atom. The van der Waals surface area contributed by atoms with Crippen LogP contribution in [-0.4, -0.2) is 36.4 Å². The Balaban J connectivity index is 1.74. The average molecular weight is 652 g/mol. The molecule has 2 atom stereocenters. The molecule has 3 aromatic rings. The second-order valence-corrected chi connectivity index (χ2v) is 12.3. The molecule has 3 nitrogen and oxygen atoms in total. The van der Waals surface area contributed by atoms with E-state index in [1.807, 2.05) is 0 Å². The van der Waals surface area contributed by atoms with Crippen molar-refractivity contribution >= 4 is 47.8 Å². The summed E-state index contributed by atoms with van der Waals surface area (Å²) in [6.45, 7) is 6.52. The average Bonchev–Trinajstić information content (AvgIpc) is 2.84. The van der Waals surface area contributed by atoms with Gasteiger partial charge < -0.3 is 4.74 Å². The van der Waals surface area contributed by atoms with E-state index in [2.05, 4.69) is 128 Å². The standard InChI is InChI=1S/C28H32Br3N2O/c1-21(18-22-2-8-25(29)9-3-22)28(32,19-23-4-10-26(30)11-5-23)33(14-16-34-17-15-33)20-24-6-12-27(31)13-7-24/h2-13,21H,14-20,32H2,1H3/q+1. The summed E-state index contributed by atoms with van der Waals surface area (Å²) in [5.74, 6) is 0.255. The van der Waals surface area contributed by atoms with Gasteiger partial charge in [-0.15, -0.1) is 0 Å². The summed E-state index contributed by atoms with van der Waals surface area (Å²) in [4.78, 5) is 0. The smallest absolute Gasteiger partial charge is 0.157 e. The summed E-state index contributed by atoms with van der Waals surface area (Å²) in [5, 5.41) is 0. The number of nitrogens with two attached hydrogens (primary N) is 1. The van der Waals surface area contributed by atoms with Gasteiger partial charge in [-0.25, -0.2) is 0 Å². The van der Waals surface area contributed by atoms with Crippen molar-refractivity contribution < 1.29 is 9.22 Å². The first-order valence-electron chi connectivity index (χ1n) is 11.8. The third-order valence-corrected chi connectivity index (χ3v) is 8.90. The molecule has 0 bridgehead atoms. The molecule has 0 aliphatic carbocycles. The summed E-state index contributed by atoms with van der Waals surface area (Å²) in [6.07, 6.45) is 1.75. The highest BCUT2D eigenvalue weighted by molar-refractivity contribution is 9.11. The van der Waals surface area contributed by atoms with Gasteiger partial charge in [0.05, 0.1) is 13.2 Å². The maximum Gasteiger partial charge on any atom is 0.157 e. The molecule has 1 fully saturated rings. The maximum absolute atomic E-state index is 7.66. The summed E-state index contributed by atoms with van der Waals surface area (Å²) < 4.78 is 9.98. The first-order valence-corrected chi connectivity index (χ1v) is 14.1. The number of nitrogens with zero attached hydrogens (tertiary/aromatic N) is 1. The molecular weight excluding hydrogens is 620 g/mol. The van der Waals surface area contributed by atoms with Crippen LogP contribution >= 0.6 is 47.8 Å². The van der Waals surface area contributed by atoms with E-state index in [4.69, 9.17) is 10.5 Å². The molecule has 0 amide bonds. The molecule has 0 saturated carbocycles. The zero-order chi connectivity index (χ0) is 24.2.